The molecule has 1 aromatic heterocycles. The van der Waals surface area contributed by atoms with Gasteiger partial charge in [0.05, 0.1) is 10.6 Å². The van der Waals surface area contributed by atoms with Crippen molar-refractivity contribution in [2.75, 3.05) is 0 Å². The lowest BCUT2D eigenvalue weighted by molar-refractivity contribution is -0.137. The first kappa shape index (κ1) is 20.7. The Bertz CT molecular complexity index is 707. The van der Waals surface area contributed by atoms with Crippen LogP contribution in [-0.2, 0) is 6.18 Å². The molecule has 1 heterocycles. The van der Waals surface area contributed by atoms with Gasteiger partial charge in [-0.1, -0.05) is 38.3 Å². The maximum Gasteiger partial charge on any atom is 0.416 e. The second kappa shape index (κ2) is 8.85. The summed E-state index contributed by atoms with van der Waals surface area (Å²) >= 11 is 5.90. The lowest BCUT2D eigenvalue weighted by Gasteiger charge is -2.28. The van der Waals surface area contributed by atoms with Crippen molar-refractivity contribution >= 4 is 11.6 Å². The Labute approximate surface area is 156 Å². The summed E-state index contributed by atoms with van der Waals surface area (Å²) in [6.45, 7) is 4.06. The normalized spacial score (nSPS) is 13.2. The average Bonchev–Trinajstić information content (AvgIpc) is 2.56. The molecule has 1 atom stereocenters. The van der Waals surface area contributed by atoms with E-state index in [0.717, 1.165) is 31.7 Å². The number of alkyl halides is 3. The summed E-state index contributed by atoms with van der Waals surface area (Å²) in [5.74, 6) is -1.23. The van der Waals surface area contributed by atoms with Crippen molar-refractivity contribution in [3.05, 3.63) is 64.2 Å². The van der Waals surface area contributed by atoms with Crippen LogP contribution in [0.15, 0.2) is 36.5 Å². The molecule has 1 unspecified atom stereocenters. The smallest absolute Gasteiger partial charge is 0.259 e. The van der Waals surface area contributed by atoms with Gasteiger partial charge in [0.25, 0.3) is 0 Å². The van der Waals surface area contributed by atoms with Gasteiger partial charge >= 0.3 is 6.18 Å². The van der Waals surface area contributed by atoms with Gasteiger partial charge in [0.1, 0.15) is 5.82 Å². The molecule has 0 bridgehead atoms. The van der Waals surface area contributed by atoms with E-state index in [-0.39, 0.29) is 5.92 Å². The fourth-order valence-corrected chi connectivity index (χ4v) is 3.54. The molecule has 0 radical (unpaired) electrons. The summed E-state index contributed by atoms with van der Waals surface area (Å²) < 4.78 is 53.5. The highest BCUT2D eigenvalue weighted by Crippen LogP contribution is 2.39. The van der Waals surface area contributed by atoms with Crippen molar-refractivity contribution < 1.29 is 17.6 Å². The molecule has 142 valence electrons. The highest BCUT2D eigenvalue weighted by Gasteiger charge is 2.33. The van der Waals surface area contributed by atoms with Gasteiger partial charge in [0.15, 0.2) is 0 Å². The van der Waals surface area contributed by atoms with Gasteiger partial charge in [-0.2, -0.15) is 13.2 Å². The quantitative estimate of drug-likeness (QED) is 0.456. The van der Waals surface area contributed by atoms with E-state index >= 15 is 0 Å². The predicted molar refractivity (Wildman–Crippen MR) is 95.8 cm³/mol. The third-order valence-corrected chi connectivity index (χ3v) is 4.69. The van der Waals surface area contributed by atoms with Crippen molar-refractivity contribution in [2.45, 2.75) is 51.6 Å². The largest absolute Gasteiger partial charge is 0.416 e. The van der Waals surface area contributed by atoms with E-state index in [0.29, 0.717) is 22.3 Å². The maximum atomic E-state index is 14.0. The summed E-state index contributed by atoms with van der Waals surface area (Å²) in [5, 5.41) is 0.449. The second-order valence-corrected chi connectivity index (χ2v) is 6.92. The van der Waals surface area contributed by atoms with Gasteiger partial charge in [0.2, 0.25) is 0 Å². The maximum absolute atomic E-state index is 14.0. The molecule has 0 aliphatic rings. The summed E-state index contributed by atoms with van der Waals surface area (Å²) in [7, 11) is 0. The van der Waals surface area contributed by atoms with Gasteiger partial charge in [-0.15, -0.1) is 0 Å². The first-order chi connectivity index (χ1) is 12.3. The molecule has 0 spiro atoms. The van der Waals surface area contributed by atoms with Crippen molar-refractivity contribution in [2.24, 2.45) is 5.92 Å². The first-order valence-corrected chi connectivity index (χ1v) is 9.13. The number of aromatic nitrogens is 1. The molecule has 26 heavy (non-hydrogen) atoms. The predicted octanol–water partition coefficient (Wildman–Crippen LogP) is 7.24. The van der Waals surface area contributed by atoms with Gasteiger partial charge in [-0.05, 0) is 54.7 Å². The monoisotopic (exact) mass is 387 g/mol. The Kier molecular flexibility index (Phi) is 7.04. The Morgan fingerprint density at radius 3 is 2.19 bits per heavy atom. The Morgan fingerprint density at radius 1 is 1.04 bits per heavy atom. The zero-order valence-electron chi connectivity index (χ0n) is 14.8. The van der Waals surface area contributed by atoms with Crippen LogP contribution in [0.25, 0.3) is 0 Å². The molecule has 1 aromatic carbocycles. The van der Waals surface area contributed by atoms with E-state index in [2.05, 4.69) is 4.98 Å². The number of benzene rings is 1. The van der Waals surface area contributed by atoms with Gasteiger partial charge < -0.3 is 0 Å². The number of pyridine rings is 1. The molecule has 0 aliphatic heterocycles. The number of hydrogen-bond acceptors (Lipinski definition) is 1. The molecule has 2 rings (SSSR count). The van der Waals surface area contributed by atoms with Crippen LogP contribution >= 0.6 is 11.6 Å². The molecule has 0 N–H and O–H groups in total. The third-order valence-electron chi connectivity index (χ3n) is 4.47. The van der Waals surface area contributed by atoms with Crippen molar-refractivity contribution in [3.63, 3.8) is 0 Å². The molecule has 0 fully saturated rings. The fourth-order valence-electron chi connectivity index (χ4n) is 3.43. The summed E-state index contributed by atoms with van der Waals surface area (Å²) in [5.41, 5.74) is -0.0581. The molecule has 0 saturated carbocycles. The van der Waals surface area contributed by atoms with Crippen LogP contribution in [-0.4, -0.2) is 4.98 Å². The third kappa shape index (κ3) is 5.19. The SMILES string of the molecule is CCCC(CCC)C(c1cc(F)cc(C(F)(F)F)c1)c1ccc(Cl)cn1. The number of hydrogen-bond donors (Lipinski definition) is 0. The lowest BCUT2D eigenvalue weighted by Crippen LogP contribution is -2.17. The zero-order valence-corrected chi connectivity index (χ0v) is 15.5. The van der Waals surface area contributed by atoms with E-state index in [1.165, 1.54) is 12.3 Å². The highest BCUT2D eigenvalue weighted by atomic mass is 35.5. The van der Waals surface area contributed by atoms with Crippen LogP contribution in [0, 0.1) is 11.7 Å². The van der Waals surface area contributed by atoms with Crippen LogP contribution in [0.3, 0.4) is 0 Å². The molecule has 1 nitrogen and oxygen atoms in total. The number of halogens is 5. The summed E-state index contributed by atoms with van der Waals surface area (Å²) in [6.07, 6.45) is 0.288. The van der Waals surface area contributed by atoms with Crippen molar-refractivity contribution in [1.29, 1.82) is 0 Å². The molecule has 0 aliphatic carbocycles. The van der Waals surface area contributed by atoms with Crippen LogP contribution in [0.2, 0.25) is 5.02 Å². The van der Waals surface area contributed by atoms with Gasteiger partial charge in [-0.3, -0.25) is 4.98 Å². The van der Waals surface area contributed by atoms with Crippen LogP contribution in [0.4, 0.5) is 17.6 Å². The minimum absolute atomic E-state index is 0.0709. The highest BCUT2D eigenvalue weighted by molar-refractivity contribution is 6.30. The average molecular weight is 388 g/mol. The Hall–Kier alpha value is -1.62. The molecule has 0 saturated heterocycles. The fraction of sp³-hybridized carbons (Fsp3) is 0.450. The van der Waals surface area contributed by atoms with E-state index in [1.54, 1.807) is 12.1 Å². The lowest BCUT2D eigenvalue weighted by atomic mass is 9.78. The van der Waals surface area contributed by atoms with Crippen LogP contribution in [0.1, 0.15) is 62.3 Å². The minimum Gasteiger partial charge on any atom is -0.259 e. The standard InChI is InChI=1S/C20H22ClF4N/c1-3-5-13(6-4-2)19(18-8-7-16(21)12-26-18)14-9-15(20(23,24)25)11-17(22)10-14/h7-13,19H,3-6H2,1-2H3. The summed E-state index contributed by atoms with van der Waals surface area (Å²) in [6, 6.07) is 6.14. The molecule has 0 amide bonds. The van der Waals surface area contributed by atoms with E-state index in [1.807, 2.05) is 13.8 Å². The zero-order chi connectivity index (χ0) is 19.3. The Balaban J connectivity index is 2.59. The number of nitrogens with zero attached hydrogens (tertiary/aromatic N) is 1. The minimum atomic E-state index is -4.60. The number of rotatable bonds is 7. The summed E-state index contributed by atoms with van der Waals surface area (Å²) in [4.78, 5) is 4.33. The van der Waals surface area contributed by atoms with E-state index < -0.39 is 23.5 Å². The van der Waals surface area contributed by atoms with E-state index in [9.17, 15) is 17.6 Å². The van der Waals surface area contributed by atoms with Gasteiger partial charge in [0, 0.05) is 17.8 Å². The second-order valence-electron chi connectivity index (χ2n) is 6.49. The van der Waals surface area contributed by atoms with E-state index in [4.69, 9.17) is 11.6 Å². The Morgan fingerprint density at radius 2 is 1.69 bits per heavy atom. The first-order valence-electron chi connectivity index (χ1n) is 8.75. The molecular weight excluding hydrogens is 366 g/mol. The van der Waals surface area contributed by atoms with Crippen LogP contribution in [0.5, 0.6) is 0 Å². The van der Waals surface area contributed by atoms with Crippen molar-refractivity contribution in [1.82, 2.24) is 4.98 Å². The van der Waals surface area contributed by atoms with Crippen LogP contribution < -0.4 is 0 Å². The van der Waals surface area contributed by atoms with Gasteiger partial charge in [-0.25, -0.2) is 4.39 Å². The van der Waals surface area contributed by atoms with Crippen molar-refractivity contribution in [3.8, 4) is 0 Å². The topological polar surface area (TPSA) is 12.9 Å². The molecule has 2 aromatic rings. The molecule has 6 heteroatoms. The molecular formula is C20H22ClF4N.